The van der Waals surface area contributed by atoms with Crippen molar-refractivity contribution in [3.05, 3.63) is 84.7 Å². The second-order valence-electron chi connectivity index (χ2n) is 6.71. The number of fused-ring (bicyclic) bond motifs is 1. The number of rotatable bonds is 7. The molecule has 0 bridgehead atoms. The van der Waals surface area contributed by atoms with Crippen molar-refractivity contribution in [2.24, 2.45) is 0 Å². The van der Waals surface area contributed by atoms with Crippen LogP contribution in [0.25, 0.3) is 11.0 Å². The first kappa shape index (κ1) is 19.7. The van der Waals surface area contributed by atoms with Crippen LogP contribution in [0.3, 0.4) is 0 Å². The number of carbonyl (C=O) groups excluding carboxylic acids is 1. The lowest BCUT2D eigenvalue weighted by Crippen LogP contribution is -2.17. The van der Waals surface area contributed by atoms with Gasteiger partial charge in [0.1, 0.15) is 5.82 Å². The molecule has 0 unspecified atom stereocenters. The maximum Gasteiger partial charge on any atom is 0.261 e. The van der Waals surface area contributed by atoms with Crippen LogP contribution in [0.2, 0.25) is 0 Å². The normalized spacial score (nSPS) is 11.3. The number of H-pyrrole nitrogens is 1. The van der Waals surface area contributed by atoms with E-state index in [1.807, 2.05) is 24.3 Å². The summed E-state index contributed by atoms with van der Waals surface area (Å²) in [5.41, 5.74) is 2.48. The summed E-state index contributed by atoms with van der Waals surface area (Å²) in [5.74, 6) is 0.492. The van der Waals surface area contributed by atoms with Gasteiger partial charge in [0.2, 0.25) is 5.91 Å². The Kier molecular flexibility index (Phi) is 5.49. The summed E-state index contributed by atoms with van der Waals surface area (Å²) in [6.45, 7) is 0. The van der Waals surface area contributed by atoms with E-state index in [9.17, 15) is 13.2 Å². The standard InChI is InChI=1S/C22H20N4O3S/c27-22(15-14-21-23-17-10-4-5-11-18(17)24-21)25-19-12-6-7-13-20(19)26-30(28,29)16-8-2-1-3-9-16/h1-13,26H,14-15H2,(H,23,24)(H,25,27). The molecule has 4 aromatic rings. The lowest BCUT2D eigenvalue weighted by atomic mass is 10.2. The Morgan fingerprint density at radius 2 is 1.53 bits per heavy atom. The van der Waals surface area contributed by atoms with Crippen LogP contribution in [0, 0.1) is 0 Å². The lowest BCUT2D eigenvalue weighted by Gasteiger charge is -2.13. The van der Waals surface area contributed by atoms with Gasteiger partial charge >= 0.3 is 0 Å². The Morgan fingerprint density at radius 1 is 0.867 bits per heavy atom. The van der Waals surface area contributed by atoms with E-state index in [-0.39, 0.29) is 17.2 Å². The predicted molar refractivity (Wildman–Crippen MR) is 117 cm³/mol. The first-order valence-electron chi connectivity index (χ1n) is 9.42. The molecule has 7 nitrogen and oxygen atoms in total. The van der Waals surface area contributed by atoms with Gasteiger partial charge < -0.3 is 10.3 Å². The minimum Gasteiger partial charge on any atom is -0.342 e. The zero-order chi connectivity index (χ0) is 21.0. The summed E-state index contributed by atoms with van der Waals surface area (Å²) in [5, 5.41) is 2.78. The Balaban J connectivity index is 1.44. The zero-order valence-corrected chi connectivity index (χ0v) is 16.8. The largest absolute Gasteiger partial charge is 0.342 e. The first-order chi connectivity index (χ1) is 14.5. The number of benzene rings is 3. The summed E-state index contributed by atoms with van der Waals surface area (Å²) in [7, 11) is -3.76. The van der Waals surface area contributed by atoms with Crippen molar-refractivity contribution in [3.8, 4) is 0 Å². The van der Waals surface area contributed by atoms with E-state index in [4.69, 9.17) is 0 Å². The molecule has 30 heavy (non-hydrogen) atoms. The van der Waals surface area contributed by atoms with Gasteiger partial charge in [0.15, 0.2) is 0 Å². The highest BCUT2D eigenvalue weighted by Crippen LogP contribution is 2.24. The molecule has 1 heterocycles. The van der Waals surface area contributed by atoms with Crippen LogP contribution in [0.4, 0.5) is 11.4 Å². The van der Waals surface area contributed by atoms with E-state index in [1.54, 1.807) is 42.5 Å². The quantitative estimate of drug-likeness (QED) is 0.421. The van der Waals surface area contributed by atoms with Crippen molar-refractivity contribution < 1.29 is 13.2 Å². The monoisotopic (exact) mass is 420 g/mol. The molecular weight excluding hydrogens is 400 g/mol. The summed E-state index contributed by atoms with van der Waals surface area (Å²) in [4.78, 5) is 20.3. The fourth-order valence-corrected chi connectivity index (χ4v) is 4.15. The molecule has 0 aliphatic heterocycles. The van der Waals surface area contributed by atoms with Crippen molar-refractivity contribution in [1.82, 2.24) is 9.97 Å². The fourth-order valence-electron chi connectivity index (χ4n) is 3.05. The average Bonchev–Trinajstić information content (AvgIpc) is 3.17. The third-order valence-electron chi connectivity index (χ3n) is 4.53. The molecule has 152 valence electrons. The number of sulfonamides is 1. The Hall–Kier alpha value is -3.65. The smallest absolute Gasteiger partial charge is 0.261 e. The van der Waals surface area contributed by atoms with Gasteiger partial charge in [-0.25, -0.2) is 13.4 Å². The predicted octanol–water partition coefficient (Wildman–Crippen LogP) is 3.94. The van der Waals surface area contributed by atoms with Crippen molar-refractivity contribution in [2.75, 3.05) is 10.0 Å². The van der Waals surface area contributed by atoms with Crippen LogP contribution in [0.5, 0.6) is 0 Å². The maximum absolute atomic E-state index is 12.6. The van der Waals surface area contributed by atoms with Gasteiger partial charge in [-0.1, -0.05) is 42.5 Å². The highest BCUT2D eigenvalue weighted by molar-refractivity contribution is 7.92. The molecule has 0 aliphatic rings. The molecule has 3 aromatic carbocycles. The van der Waals surface area contributed by atoms with Crippen molar-refractivity contribution in [3.63, 3.8) is 0 Å². The summed E-state index contributed by atoms with van der Waals surface area (Å²) in [6, 6.07) is 22.4. The van der Waals surface area contributed by atoms with E-state index < -0.39 is 10.0 Å². The van der Waals surface area contributed by atoms with E-state index in [2.05, 4.69) is 20.0 Å². The van der Waals surface area contributed by atoms with Crippen LogP contribution < -0.4 is 10.0 Å². The average molecular weight is 420 g/mol. The molecule has 4 rings (SSSR count). The Bertz CT molecular complexity index is 1250. The molecule has 0 saturated carbocycles. The van der Waals surface area contributed by atoms with Gasteiger partial charge in [0, 0.05) is 12.8 Å². The number of aromatic amines is 1. The van der Waals surface area contributed by atoms with Gasteiger partial charge in [-0.05, 0) is 36.4 Å². The third kappa shape index (κ3) is 4.49. The number of carbonyl (C=O) groups is 1. The van der Waals surface area contributed by atoms with Gasteiger partial charge in [-0.2, -0.15) is 0 Å². The number of para-hydroxylation sites is 4. The molecular formula is C22H20N4O3S. The molecule has 0 radical (unpaired) electrons. The van der Waals surface area contributed by atoms with Gasteiger partial charge in [0.05, 0.1) is 27.3 Å². The third-order valence-corrected chi connectivity index (χ3v) is 5.91. The van der Waals surface area contributed by atoms with Gasteiger partial charge in [-0.3, -0.25) is 9.52 Å². The number of hydrogen-bond donors (Lipinski definition) is 3. The minimum absolute atomic E-state index is 0.149. The van der Waals surface area contributed by atoms with Crippen LogP contribution in [-0.2, 0) is 21.2 Å². The number of aryl methyl sites for hydroxylation is 1. The van der Waals surface area contributed by atoms with E-state index >= 15 is 0 Å². The zero-order valence-electron chi connectivity index (χ0n) is 16.0. The molecule has 0 fully saturated rings. The summed E-state index contributed by atoms with van der Waals surface area (Å²) < 4.78 is 27.7. The Morgan fingerprint density at radius 3 is 2.30 bits per heavy atom. The number of hydrogen-bond acceptors (Lipinski definition) is 4. The van der Waals surface area contributed by atoms with Crippen LogP contribution >= 0.6 is 0 Å². The van der Waals surface area contributed by atoms with E-state index in [0.717, 1.165) is 16.9 Å². The summed E-state index contributed by atoms with van der Waals surface area (Å²) in [6.07, 6.45) is 0.651. The highest BCUT2D eigenvalue weighted by atomic mass is 32.2. The Labute approximate surface area is 174 Å². The van der Waals surface area contributed by atoms with Crippen LogP contribution in [0.1, 0.15) is 12.2 Å². The SMILES string of the molecule is O=C(CCc1nc2ccccc2[nH]1)Nc1ccccc1NS(=O)(=O)c1ccccc1. The number of aromatic nitrogens is 2. The number of nitrogens with one attached hydrogen (secondary N) is 3. The molecule has 0 atom stereocenters. The van der Waals surface area contributed by atoms with Gasteiger partial charge in [-0.15, -0.1) is 0 Å². The molecule has 1 aromatic heterocycles. The second kappa shape index (κ2) is 8.38. The van der Waals surface area contributed by atoms with Crippen LogP contribution in [0.15, 0.2) is 83.8 Å². The van der Waals surface area contributed by atoms with E-state index in [1.165, 1.54) is 12.1 Å². The number of anilines is 2. The topological polar surface area (TPSA) is 104 Å². The maximum atomic E-state index is 12.6. The summed E-state index contributed by atoms with van der Waals surface area (Å²) >= 11 is 0. The molecule has 3 N–H and O–H groups in total. The number of nitrogens with zero attached hydrogens (tertiary/aromatic N) is 1. The fraction of sp³-hybridized carbons (Fsp3) is 0.0909. The molecule has 1 amide bonds. The van der Waals surface area contributed by atoms with Crippen molar-refractivity contribution in [2.45, 2.75) is 17.7 Å². The second-order valence-corrected chi connectivity index (χ2v) is 8.40. The molecule has 0 saturated heterocycles. The van der Waals surface area contributed by atoms with Crippen molar-refractivity contribution in [1.29, 1.82) is 0 Å². The molecule has 0 aliphatic carbocycles. The lowest BCUT2D eigenvalue weighted by molar-refractivity contribution is -0.116. The van der Waals surface area contributed by atoms with Crippen LogP contribution in [-0.4, -0.2) is 24.3 Å². The first-order valence-corrected chi connectivity index (χ1v) is 10.9. The number of imidazole rings is 1. The molecule has 0 spiro atoms. The van der Waals surface area contributed by atoms with Crippen molar-refractivity contribution >= 4 is 38.3 Å². The molecule has 8 heteroatoms. The number of amides is 1. The highest BCUT2D eigenvalue weighted by Gasteiger charge is 2.16. The van der Waals surface area contributed by atoms with Gasteiger partial charge in [0.25, 0.3) is 10.0 Å². The minimum atomic E-state index is -3.76. The van der Waals surface area contributed by atoms with E-state index in [0.29, 0.717) is 17.8 Å².